The van der Waals surface area contributed by atoms with Crippen LogP contribution in [0.3, 0.4) is 0 Å². The first-order valence-corrected chi connectivity index (χ1v) is 6.72. The lowest BCUT2D eigenvalue weighted by molar-refractivity contribution is -0.137. The molecule has 1 aromatic carbocycles. The van der Waals surface area contributed by atoms with Crippen molar-refractivity contribution in [3.05, 3.63) is 45.7 Å². The van der Waals surface area contributed by atoms with E-state index in [-0.39, 0.29) is 21.4 Å². The monoisotopic (exact) mass is 350 g/mol. The summed E-state index contributed by atoms with van der Waals surface area (Å²) in [6, 6.07) is 4.71. The Hall–Kier alpha value is -1.75. The van der Waals surface area contributed by atoms with E-state index >= 15 is 0 Å². The van der Waals surface area contributed by atoms with Gasteiger partial charge in [0.05, 0.1) is 15.6 Å². The number of alkyl halides is 3. The van der Waals surface area contributed by atoms with Gasteiger partial charge in [0.15, 0.2) is 5.69 Å². The summed E-state index contributed by atoms with van der Waals surface area (Å²) in [6.07, 6.45) is -3.15. The molecule has 118 valence electrons. The lowest BCUT2D eigenvalue weighted by atomic mass is 10.2. The van der Waals surface area contributed by atoms with Crippen LogP contribution in [-0.2, 0) is 6.18 Å². The van der Waals surface area contributed by atoms with Crippen LogP contribution in [0.15, 0.2) is 24.4 Å². The maximum absolute atomic E-state index is 12.6. The van der Waals surface area contributed by atoms with Crippen LogP contribution < -0.4 is 5.73 Å². The highest BCUT2D eigenvalue weighted by atomic mass is 35.5. The molecule has 0 radical (unpaired) electrons. The normalized spacial score (nSPS) is 10.6. The van der Waals surface area contributed by atoms with Crippen LogP contribution in [0, 0.1) is 11.3 Å². The maximum atomic E-state index is 12.6. The number of hydrogen-bond acceptors (Lipinski definition) is 3. The summed E-state index contributed by atoms with van der Waals surface area (Å²) in [5.74, 6) is 0. The van der Waals surface area contributed by atoms with E-state index in [0.29, 0.717) is 0 Å². The molecule has 1 aromatic heterocycles. The van der Waals surface area contributed by atoms with Crippen molar-refractivity contribution >= 4 is 23.2 Å². The number of nitriles is 1. The fourth-order valence-corrected chi connectivity index (χ4v) is 2.12. The van der Waals surface area contributed by atoms with Crippen LogP contribution in [-0.4, -0.2) is 16.3 Å². The second kappa shape index (κ2) is 7.49. The lowest BCUT2D eigenvalue weighted by Gasteiger charge is -2.12. The molecule has 22 heavy (non-hydrogen) atoms. The summed E-state index contributed by atoms with van der Waals surface area (Å²) in [6.45, 7) is 2.65. The molecule has 0 saturated carbocycles. The van der Waals surface area contributed by atoms with Gasteiger partial charge in [-0.05, 0) is 24.7 Å². The van der Waals surface area contributed by atoms with Gasteiger partial charge in [-0.15, -0.1) is 0 Å². The SMILES string of the molecule is CCN.N#Cc1ccn(-c2c(Cl)cc(C(F)(F)F)cc2Cl)n1. The van der Waals surface area contributed by atoms with Crippen molar-refractivity contribution < 1.29 is 13.2 Å². The summed E-state index contributed by atoms with van der Waals surface area (Å²) in [7, 11) is 0. The minimum Gasteiger partial charge on any atom is -0.331 e. The van der Waals surface area contributed by atoms with Gasteiger partial charge >= 0.3 is 6.18 Å². The van der Waals surface area contributed by atoms with Crippen molar-refractivity contribution in [2.75, 3.05) is 6.54 Å². The second-order valence-electron chi connectivity index (χ2n) is 3.95. The standard InChI is InChI=1S/C11H4Cl2F3N3.C2H7N/c12-8-3-6(11(14,15)16)4-9(13)10(8)19-2-1-7(5-17)18-19;1-2-3/h1-4H;2-3H2,1H3. The minimum atomic E-state index is -4.53. The third kappa shape index (κ3) is 4.37. The average Bonchev–Trinajstić information content (AvgIpc) is 2.86. The summed E-state index contributed by atoms with van der Waals surface area (Å²) < 4.78 is 38.8. The van der Waals surface area contributed by atoms with Gasteiger partial charge in [-0.1, -0.05) is 30.1 Å². The molecule has 2 rings (SSSR count). The van der Waals surface area contributed by atoms with Gasteiger partial charge in [0.1, 0.15) is 11.8 Å². The van der Waals surface area contributed by atoms with E-state index in [2.05, 4.69) is 5.10 Å². The quantitative estimate of drug-likeness (QED) is 0.843. The Labute approximate surface area is 134 Å². The van der Waals surface area contributed by atoms with Gasteiger partial charge < -0.3 is 5.73 Å². The second-order valence-corrected chi connectivity index (χ2v) is 4.77. The van der Waals surface area contributed by atoms with Crippen molar-refractivity contribution in [2.45, 2.75) is 13.1 Å². The summed E-state index contributed by atoms with van der Waals surface area (Å²) in [5, 5.41) is 12.1. The molecule has 0 bridgehead atoms. The van der Waals surface area contributed by atoms with Crippen LogP contribution in [0.25, 0.3) is 5.69 Å². The predicted molar refractivity (Wildman–Crippen MR) is 78.0 cm³/mol. The Morgan fingerprint density at radius 3 is 2.18 bits per heavy atom. The number of hydrogen-bond donors (Lipinski definition) is 1. The molecule has 9 heteroatoms. The first-order chi connectivity index (χ1) is 10.2. The number of aromatic nitrogens is 2. The molecule has 1 heterocycles. The van der Waals surface area contributed by atoms with E-state index in [1.54, 1.807) is 6.07 Å². The van der Waals surface area contributed by atoms with Gasteiger partial charge in [0, 0.05) is 6.20 Å². The highest BCUT2D eigenvalue weighted by Gasteiger charge is 2.32. The molecule has 2 N–H and O–H groups in total. The van der Waals surface area contributed by atoms with Crippen molar-refractivity contribution in [3.8, 4) is 11.8 Å². The molecule has 0 unspecified atom stereocenters. The summed E-state index contributed by atoms with van der Waals surface area (Å²) >= 11 is 11.6. The van der Waals surface area contributed by atoms with E-state index in [4.69, 9.17) is 34.2 Å². The highest BCUT2D eigenvalue weighted by Crippen LogP contribution is 2.37. The molecule has 0 aliphatic carbocycles. The van der Waals surface area contributed by atoms with E-state index in [0.717, 1.165) is 23.4 Å². The predicted octanol–water partition coefficient (Wildman–Crippen LogP) is 4.03. The third-order valence-electron chi connectivity index (χ3n) is 2.28. The largest absolute Gasteiger partial charge is 0.416 e. The van der Waals surface area contributed by atoms with Crippen LogP contribution in [0.5, 0.6) is 0 Å². The Morgan fingerprint density at radius 2 is 1.82 bits per heavy atom. The molecule has 0 fully saturated rings. The van der Waals surface area contributed by atoms with Crippen molar-refractivity contribution in [2.24, 2.45) is 5.73 Å². The molecule has 0 aliphatic heterocycles. The topological polar surface area (TPSA) is 67.6 Å². The van der Waals surface area contributed by atoms with E-state index in [9.17, 15) is 13.2 Å². The maximum Gasteiger partial charge on any atom is 0.416 e. The van der Waals surface area contributed by atoms with E-state index < -0.39 is 11.7 Å². The van der Waals surface area contributed by atoms with Crippen LogP contribution in [0.4, 0.5) is 13.2 Å². The fraction of sp³-hybridized carbons (Fsp3) is 0.231. The van der Waals surface area contributed by atoms with E-state index in [1.165, 1.54) is 12.3 Å². The molecule has 0 atom stereocenters. The Bertz CT molecular complexity index is 666. The summed E-state index contributed by atoms with van der Waals surface area (Å²) in [4.78, 5) is 0. The van der Waals surface area contributed by atoms with Crippen LogP contribution in [0.1, 0.15) is 18.2 Å². The van der Waals surface area contributed by atoms with Gasteiger partial charge in [0.25, 0.3) is 0 Å². The Balaban J connectivity index is 0.000000745. The number of halogens is 5. The highest BCUT2D eigenvalue weighted by molar-refractivity contribution is 6.37. The molecule has 4 nitrogen and oxygen atoms in total. The van der Waals surface area contributed by atoms with Gasteiger partial charge in [-0.25, -0.2) is 4.68 Å². The molecular formula is C13H11Cl2F3N4. The Kier molecular flexibility index (Phi) is 6.23. The molecule has 0 aliphatic rings. The molecule has 0 saturated heterocycles. The van der Waals surface area contributed by atoms with Crippen LogP contribution in [0.2, 0.25) is 10.0 Å². The molecule has 2 aromatic rings. The number of nitrogens with two attached hydrogens (primary N) is 1. The minimum absolute atomic E-state index is 0.0952. The van der Waals surface area contributed by atoms with Gasteiger partial charge in [-0.2, -0.15) is 23.5 Å². The van der Waals surface area contributed by atoms with Gasteiger partial charge in [-0.3, -0.25) is 0 Å². The number of rotatable bonds is 1. The van der Waals surface area contributed by atoms with Gasteiger partial charge in [0.2, 0.25) is 0 Å². The van der Waals surface area contributed by atoms with Crippen LogP contribution >= 0.6 is 23.2 Å². The molecule has 0 spiro atoms. The van der Waals surface area contributed by atoms with Crippen molar-refractivity contribution in [1.82, 2.24) is 9.78 Å². The molecule has 0 amide bonds. The van der Waals surface area contributed by atoms with E-state index in [1.807, 2.05) is 6.92 Å². The fourth-order valence-electron chi connectivity index (χ4n) is 1.46. The zero-order chi connectivity index (χ0) is 16.9. The molecular weight excluding hydrogens is 340 g/mol. The summed E-state index contributed by atoms with van der Waals surface area (Å²) in [5.41, 5.74) is 4.10. The number of benzene rings is 1. The first-order valence-electron chi connectivity index (χ1n) is 5.97. The third-order valence-corrected chi connectivity index (χ3v) is 2.85. The zero-order valence-corrected chi connectivity index (χ0v) is 12.8. The van der Waals surface area contributed by atoms with Crippen molar-refractivity contribution in [1.29, 1.82) is 5.26 Å². The number of nitrogens with zero attached hydrogens (tertiary/aromatic N) is 3. The smallest absolute Gasteiger partial charge is 0.331 e. The lowest BCUT2D eigenvalue weighted by Crippen LogP contribution is -2.07. The first kappa shape index (κ1) is 18.3. The average molecular weight is 351 g/mol. The Morgan fingerprint density at radius 1 is 1.32 bits per heavy atom. The van der Waals surface area contributed by atoms with Crippen molar-refractivity contribution in [3.63, 3.8) is 0 Å². The zero-order valence-electron chi connectivity index (χ0n) is 11.3.